The number of hydrogen-bond acceptors (Lipinski definition) is 4. The molecule has 1 aromatic heterocycles. The van der Waals surface area contributed by atoms with Crippen LogP contribution in [0, 0.1) is 5.82 Å². The second-order valence-corrected chi connectivity index (χ2v) is 8.26. The van der Waals surface area contributed by atoms with Gasteiger partial charge in [0.2, 0.25) is 0 Å². The van der Waals surface area contributed by atoms with Crippen molar-refractivity contribution in [3.63, 3.8) is 0 Å². The Morgan fingerprint density at radius 1 is 0.968 bits per heavy atom. The van der Waals surface area contributed by atoms with E-state index < -0.39 is 21.7 Å². The molecule has 156 valence electrons. The number of carbonyl (C=O) groups is 1. The predicted molar refractivity (Wildman–Crippen MR) is 116 cm³/mol. The third-order valence-electron chi connectivity index (χ3n) is 4.44. The van der Waals surface area contributed by atoms with Crippen LogP contribution in [0.4, 0.5) is 15.8 Å². The molecule has 1 amide bonds. The van der Waals surface area contributed by atoms with Crippen LogP contribution in [0.1, 0.15) is 10.4 Å². The molecule has 0 atom stereocenters. The lowest BCUT2D eigenvalue weighted by molar-refractivity contribution is 0.102. The summed E-state index contributed by atoms with van der Waals surface area (Å²) < 4.78 is 41.2. The Hall–Kier alpha value is -3.98. The quantitative estimate of drug-likeness (QED) is 0.420. The summed E-state index contributed by atoms with van der Waals surface area (Å²) in [5.74, 6) is -0.468. The van der Waals surface area contributed by atoms with Gasteiger partial charge in [0.1, 0.15) is 11.6 Å². The van der Waals surface area contributed by atoms with Gasteiger partial charge in [-0.1, -0.05) is 18.2 Å². The van der Waals surface area contributed by atoms with E-state index in [1.807, 2.05) is 0 Å². The van der Waals surface area contributed by atoms with Crippen LogP contribution in [-0.4, -0.2) is 24.3 Å². The van der Waals surface area contributed by atoms with Crippen LogP contribution in [0.5, 0.6) is 0 Å². The lowest BCUT2D eigenvalue weighted by Gasteiger charge is -2.10. The number of nitrogens with one attached hydrogen (secondary N) is 3. The van der Waals surface area contributed by atoms with Gasteiger partial charge >= 0.3 is 0 Å². The molecule has 0 spiro atoms. The second kappa shape index (κ2) is 8.41. The number of aromatic nitrogens is 2. The highest BCUT2D eigenvalue weighted by molar-refractivity contribution is 7.92. The number of amides is 1. The molecular formula is C22H17FN4O3S. The molecule has 0 saturated carbocycles. The van der Waals surface area contributed by atoms with Gasteiger partial charge in [0.25, 0.3) is 15.9 Å². The lowest BCUT2D eigenvalue weighted by atomic mass is 10.1. The Balaban J connectivity index is 1.51. The van der Waals surface area contributed by atoms with Crippen LogP contribution in [0.3, 0.4) is 0 Å². The van der Waals surface area contributed by atoms with Gasteiger partial charge in [-0.2, -0.15) is 0 Å². The molecule has 0 bridgehead atoms. The monoisotopic (exact) mass is 436 g/mol. The minimum atomic E-state index is -4.08. The van der Waals surface area contributed by atoms with Gasteiger partial charge in [0.15, 0.2) is 0 Å². The van der Waals surface area contributed by atoms with Crippen molar-refractivity contribution in [2.45, 2.75) is 4.90 Å². The lowest BCUT2D eigenvalue weighted by Crippen LogP contribution is -2.16. The molecular weight excluding hydrogens is 419 g/mol. The number of halogens is 1. The number of nitrogens with zero attached hydrogens (tertiary/aromatic N) is 1. The average Bonchev–Trinajstić information content (AvgIpc) is 3.31. The first-order valence-electron chi connectivity index (χ1n) is 9.21. The van der Waals surface area contributed by atoms with Crippen LogP contribution in [-0.2, 0) is 10.0 Å². The van der Waals surface area contributed by atoms with Crippen LogP contribution in [0.25, 0.3) is 11.4 Å². The number of carbonyl (C=O) groups excluding carboxylic acids is 1. The van der Waals surface area contributed by atoms with Crippen LogP contribution >= 0.6 is 0 Å². The summed E-state index contributed by atoms with van der Waals surface area (Å²) >= 11 is 0. The van der Waals surface area contributed by atoms with Crippen molar-refractivity contribution in [2.75, 3.05) is 10.0 Å². The van der Waals surface area contributed by atoms with E-state index in [1.54, 1.807) is 36.7 Å². The van der Waals surface area contributed by atoms with Gasteiger partial charge in [0.05, 0.1) is 10.6 Å². The Morgan fingerprint density at radius 3 is 2.45 bits per heavy atom. The molecule has 0 aliphatic carbocycles. The van der Waals surface area contributed by atoms with E-state index in [4.69, 9.17) is 0 Å². The van der Waals surface area contributed by atoms with E-state index in [0.717, 1.165) is 11.6 Å². The summed E-state index contributed by atoms with van der Waals surface area (Å²) in [6.45, 7) is 0. The molecule has 7 nitrogen and oxygen atoms in total. The molecule has 9 heteroatoms. The van der Waals surface area contributed by atoms with Crippen molar-refractivity contribution in [1.82, 2.24) is 9.97 Å². The minimum Gasteiger partial charge on any atom is -0.345 e. The zero-order chi connectivity index (χ0) is 21.8. The van der Waals surface area contributed by atoms with Gasteiger partial charge in [-0.25, -0.2) is 17.8 Å². The Bertz CT molecular complexity index is 1320. The number of anilines is 2. The normalized spacial score (nSPS) is 11.1. The summed E-state index contributed by atoms with van der Waals surface area (Å²) in [5, 5.41) is 2.72. The highest BCUT2D eigenvalue weighted by Gasteiger charge is 2.18. The van der Waals surface area contributed by atoms with Gasteiger partial charge in [-0.05, 0) is 54.6 Å². The van der Waals surface area contributed by atoms with Gasteiger partial charge in [0, 0.05) is 29.2 Å². The third kappa shape index (κ3) is 4.62. The molecule has 0 unspecified atom stereocenters. The summed E-state index contributed by atoms with van der Waals surface area (Å²) in [7, 11) is -4.08. The van der Waals surface area contributed by atoms with Crippen molar-refractivity contribution in [2.24, 2.45) is 0 Å². The summed E-state index contributed by atoms with van der Waals surface area (Å²) in [5.41, 5.74) is 1.37. The maximum Gasteiger partial charge on any atom is 0.262 e. The topological polar surface area (TPSA) is 104 Å². The van der Waals surface area contributed by atoms with E-state index in [2.05, 4.69) is 20.0 Å². The molecule has 1 heterocycles. The van der Waals surface area contributed by atoms with Gasteiger partial charge < -0.3 is 10.3 Å². The van der Waals surface area contributed by atoms with Crippen molar-refractivity contribution in [1.29, 1.82) is 0 Å². The van der Waals surface area contributed by atoms with Crippen LogP contribution in [0.15, 0.2) is 90.1 Å². The zero-order valence-electron chi connectivity index (χ0n) is 16.0. The highest BCUT2D eigenvalue weighted by Crippen LogP contribution is 2.21. The molecule has 4 rings (SSSR count). The smallest absolute Gasteiger partial charge is 0.262 e. The van der Waals surface area contributed by atoms with Crippen molar-refractivity contribution >= 4 is 27.3 Å². The summed E-state index contributed by atoms with van der Waals surface area (Å²) in [6.07, 6.45) is 3.36. The Morgan fingerprint density at radius 2 is 1.74 bits per heavy atom. The number of H-pyrrole nitrogens is 1. The number of para-hydroxylation sites is 1. The molecule has 0 fully saturated rings. The molecule has 0 aliphatic heterocycles. The molecule has 0 radical (unpaired) electrons. The first kappa shape index (κ1) is 20.3. The average molecular weight is 436 g/mol. The van der Waals surface area contributed by atoms with E-state index in [-0.39, 0.29) is 16.1 Å². The largest absolute Gasteiger partial charge is 0.345 e. The van der Waals surface area contributed by atoms with Crippen molar-refractivity contribution in [3.8, 4) is 11.4 Å². The van der Waals surface area contributed by atoms with Crippen LogP contribution < -0.4 is 10.0 Å². The van der Waals surface area contributed by atoms with E-state index in [1.165, 1.54) is 42.5 Å². The maximum atomic E-state index is 13.8. The van der Waals surface area contributed by atoms with Gasteiger partial charge in [-0.15, -0.1) is 0 Å². The Kier molecular flexibility index (Phi) is 5.50. The number of rotatable bonds is 6. The molecule has 4 aromatic rings. The van der Waals surface area contributed by atoms with E-state index in [0.29, 0.717) is 11.5 Å². The fraction of sp³-hybridized carbons (Fsp3) is 0. The van der Waals surface area contributed by atoms with E-state index >= 15 is 0 Å². The van der Waals surface area contributed by atoms with Crippen molar-refractivity contribution in [3.05, 3.63) is 96.6 Å². The highest BCUT2D eigenvalue weighted by atomic mass is 32.2. The zero-order valence-corrected chi connectivity index (χ0v) is 16.9. The van der Waals surface area contributed by atoms with Crippen LogP contribution in [0.2, 0.25) is 0 Å². The predicted octanol–water partition coefficient (Wildman–Crippen LogP) is 4.27. The second-order valence-electron chi connectivity index (χ2n) is 6.58. The standard InChI is InChI=1S/C22H17FN4O3S/c23-19-6-1-2-7-20(19)27-31(29,30)18-5-3-4-16(14-18)22(28)26-17-10-8-15(9-11-17)21-24-12-13-25-21/h1-14,27H,(H,24,25)(H,26,28). The number of benzene rings is 3. The minimum absolute atomic E-state index is 0.145. The number of aromatic amines is 1. The van der Waals surface area contributed by atoms with Gasteiger partial charge in [-0.3, -0.25) is 9.52 Å². The number of hydrogen-bond donors (Lipinski definition) is 3. The number of sulfonamides is 1. The fourth-order valence-corrected chi connectivity index (χ4v) is 4.00. The van der Waals surface area contributed by atoms with E-state index in [9.17, 15) is 17.6 Å². The Labute approximate surface area is 178 Å². The fourth-order valence-electron chi connectivity index (χ4n) is 2.89. The molecule has 0 saturated heterocycles. The number of imidazole rings is 1. The third-order valence-corrected chi connectivity index (χ3v) is 5.80. The maximum absolute atomic E-state index is 13.8. The first-order chi connectivity index (χ1) is 14.9. The summed E-state index contributed by atoms with van der Waals surface area (Å²) in [4.78, 5) is 19.6. The molecule has 31 heavy (non-hydrogen) atoms. The first-order valence-corrected chi connectivity index (χ1v) is 10.7. The molecule has 0 aliphatic rings. The SMILES string of the molecule is O=C(Nc1ccc(-c2ncc[nH]2)cc1)c1cccc(S(=O)(=O)Nc2ccccc2F)c1. The van der Waals surface area contributed by atoms with Crippen molar-refractivity contribution < 1.29 is 17.6 Å². The molecule has 3 aromatic carbocycles. The summed E-state index contributed by atoms with van der Waals surface area (Å²) in [6, 6.07) is 18.0. The molecule has 3 N–H and O–H groups in total.